The molecule has 0 rings (SSSR count). The van der Waals surface area contributed by atoms with Crippen molar-refractivity contribution in [2.24, 2.45) is 5.41 Å². The van der Waals surface area contributed by atoms with Gasteiger partial charge in [-0.15, -0.1) is 0 Å². The smallest absolute Gasteiger partial charge is 0.381 e. The lowest BCUT2D eigenvalue weighted by atomic mass is 9.87. The topological polar surface area (TPSA) is 148 Å². The molecule has 144 valence electrons. The summed E-state index contributed by atoms with van der Waals surface area (Å²) < 4.78 is 4.80. The van der Waals surface area contributed by atoms with Gasteiger partial charge in [0.15, 0.2) is 0 Å². The largest absolute Gasteiger partial charge is 0.460 e. The highest BCUT2D eigenvalue weighted by atomic mass is 32.1. The van der Waals surface area contributed by atoms with E-state index in [4.69, 9.17) is 4.74 Å². The van der Waals surface area contributed by atoms with Crippen LogP contribution in [0.25, 0.3) is 0 Å². The molecule has 0 bridgehead atoms. The average molecular weight is 379 g/mol. The molecule has 0 heterocycles. The molecule has 10 nitrogen and oxygen atoms in total. The Labute approximate surface area is 151 Å². The van der Waals surface area contributed by atoms with Crippen molar-refractivity contribution in [3.63, 3.8) is 0 Å². The Morgan fingerprint density at radius 3 is 2.40 bits per heavy atom. The van der Waals surface area contributed by atoms with Gasteiger partial charge in [0, 0.05) is 42.5 Å². The van der Waals surface area contributed by atoms with Crippen molar-refractivity contribution in [2.75, 3.05) is 25.4 Å². The fourth-order valence-electron chi connectivity index (χ4n) is 1.58. The maximum atomic E-state index is 11.9. The number of carbonyl (C=O) groups excluding carboxylic acids is 3. The number of carbonyl (C=O) groups is 3. The van der Waals surface area contributed by atoms with Gasteiger partial charge in [0.1, 0.15) is 6.10 Å². The molecular weight excluding hydrogens is 354 g/mol. The monoisotopic (exact) mass is 379 g/mol. The SMILES string of the molecule is CC(C(=O)OCC(C)(C)C(O)C(=O)NCCC(=O)NCCS)[N+](=O)[O-]. The molecule has 25 heavy (non-hydrogen) atoms. The summed E-state index contributed by atoms with van der Waals surface area (Å²) in [7, 11) is 0. The van der Waals surface area contributed by atoms with Crippen molar-refractivity contribution in [3.8, 4) is 0 Å². The number of aliphatic hydroxyl groups excluding tert-OH is 1. The zero-order valence-electron chi connectivity index (χ0n) is 14.5. The third-order valence-electron chi connectivity index (χ3n) is 3.32. The Balaban J connectivity index is 4.37. The van der Waals surface area contributed by atoms with Gasteiger partial charge >= 0.3 is 12.0 Å². The minimum atomic E-state index is -1.53. The maximum Gasteiger partial charge on any atom is 0.381 e. The van der Waals surface area contributed by atoms with E-state index in [0.717, 1.165) is 6.92 Å². The van der Waals surface area contributed by atoms with Crippen LogP contribution < -0.4 is 10.6 Å². The predicted octanol–water partition coefficient (Wildman–Crippen LogP) is -0.866. The first-order valence-electron chi connectivity index (χ1n) is 7.66. The average Bonchev–Trinajstić information content (AvgIpc) is 2.56. The molecule has 0 fully saturated rings. The van der Waals surface area contributed by atoms with Crippen molar-refractivity contribution < 1.29 is 29.2 Å². The molecule has 11 heteroatoms. The van der Waals surface area contributed by atoms with Gasteiger partial charge in [-0.25, -0.2) is 4.79 Å². The quantitative estimate of drug-likeness (QED) is 0.158. The zero-order valence-corrected chi connectivity index (χ0v) is 15.4. The molecule has 0 spiro atoms. The van der Waals surface area contributed by atoms with E-state index in [0.29, 0.717) is 12.3 Å². The number of thiol groups is 1. The summed E-state index contributed by atoms with van der Waals surface area (Å²) in [6.07, 6.45) is -1.48. The number of nitrogens with zero attached hydrogens (tertiary/aromatic N) is 1. The van der Waals surface area contributed by atoms with E-state index in [1.807, 2.05) is 0 Å². The molecule has 0 radical (unpaired) electrons. The van der Waals surface area contributed by atoms with Crippen LogP contribution in [0.1, 0.15) is 27.2 Å². The van der Waals surface area contributed by atoms with Gasteiger partial charge in [0.25, 0.3) is 0 Å². The van der Waals surface area contributed by atoms with Gasteiger partial charge in [-0.1, -0.05) is 13.8 Å². The number of rotatable bonds is 11. The summed E-state index contributed by atoms with van der Waals surface area (Å²) in [6.45, 7) is 4.10. The van der Waals surface area contributed by atoms with Gasteiger partial charge in [-0.2, -0.15) is 12.6 Å². The number of amides is 2. The van der Waals surface area contributed by atoms with Crippen LogP contribution in [0.15, 0.2) is 0 Å². The van der Waals surface area contributed by atoms with Crippen LogP contribution in [-0.4, -0.2) is 65.4 Å². The molecule has 0 aromatic carbocycles. The highest BCUT2D eigenvalue weighted by Gasteiger charge is 2.36. The maximum absolute atomic E-state index is 11.9. The summed E-state index contributed by atoms with van der Waals surface area (Å²) in [6, 6.07) is -1.53. The second kappa shape index (κ2) is 10.9. The third-order valence-corrected chi connectivity index (χ3v) is 3.54. The number of aliphatic hydroxyl groups is 1. The number of ether oxygens (including phenoxy) is 1. The highest BCUT2D eigenvalue weighted by Crippen LogP contribution is 2.21. The normalized spacial score (nSPS) is 13.5. The molecular formula is C14H25N3O7S. The lowest BCUT2D eigenvalue weighted by Crippen LogP contribution is -2.47. The molecule has 0 aliphatic rings. The van der Waals surface area contributed by atoms with E-state index >= 15 is 0 Å². The Kier molecular flexibility index (Phi) is 10.1. The van der Waals surface area contributed by atoms with Crippen molar-refractivity contribution in [1.82, 2.24) is 10.6 Å². The van der Waals surface area contributed by atoms with Gasteiger partial charge in [0.05, 0.1) is 6.61 Å². The van der Waals surface area contributed by atoms with Gasteiger partial charge in [-0.3, -0.25) is 19.7 Å². The molecule has 0 aromatic rings. The molecule has 0 aromatic heterocycles. The van der Waals surface area contributed by atoms with Gasteiger partial charge < -0.3 is 20.5 Å². The molecule has 2 amide bonds. The summed E-state index contributed by atoms with van der Waals surface area (Å²) >= 11 is 3.94. The van der Waals surface area contributed by atoms with Gasteiger partial charge in [0.2, 0.25) is 11.8 Å². The fraction of sp³-hybridized carbons (Fsp3) is 0.786. The van der Waals surface area contributed by atoms with Crippen LogP contribution in [0.4, 0.5) is 0 Å². The van der Waals surface area contributed by atoms with E-state index < -0.39 is 34.4 Å². The predicted molar refractivity (Wildman–Crippen MR) is 91.7 cm³/mol. The van der Waals surface area contributed by atoms with Crippen LogP contribution in [-0.2, 0) is 19.1 Å². The molecule has 0 saturated heterocycles. The summed E-state index contributed by atoms with van der Waals surface area (Å²) in [4.78, 5) is 44.5. The van der Waals surface area contributed by atoms with Crippen molar-refractivity contribution >= 4 is 30.4 Å². The van der Waals surface area contributed by atoms with Crippen molar-refractivity contribution in [1.29, 1.82) is 0 Å². The Morgan fingerprint density at radius 2 is 1.88 bits per heavy atom. The number of nitro groups is 1. The van der Waals surface area contributed by atoms with E-state index in [9.17, 15) is 29.6 Å². The molecule has 0 aliphatic carbocycles. The second-order valence-corrected chi connectivity index (χ2v) is 6.52. The summed E-state index contributed by atoms with van der Waals surface area (Å²) in [5, 5.41) is 25.5. The Hall–Kier alpha value is -1.88. The fourth-order valence-corrected chi connectivity index (χ4v) is 1.69. The van der Waals surface area contributed by atoms with Gasteiger partial charge in [-0.05, 0) is 0 Å². The van der Waals surface area contributed by atoms with E-state index in [2.05, 4.69) is 23.3 Å². The first-order chi connectivity index (χ1) is 11.5. The molecule has 2 unspecified atom stereocenters. The van der Waals surface area contributed by atoms with Crippen LogP contribution in [0, 0.1) is 15.5 Å². The van der Waals surface area contributed by atoms with E-state index in [1.54, 1.807) is 0 Å². The molecule has 0 aliphatic heterocycles. The van der Waals surface area contributed by atoms with Crippen LogP contribution >= 0.6 is 12.6 Å². The number of nitrogens with one attached hydrogen (secondary N) is 2. The minimum absolute atomic E-state index is 0.0303. The van der Waals surface area contributed by atoms with Crippen LogP contribution in [0.3, 0.4) is 0 Å². The molecule has 2 atom stereocenters. The van der Waals surface area contributed by atoms with E-state index in [-0.39, 0.29) is 25.5 Å². The lowest BCUT2D eigenvalue weighted by molar-refractivity contribution is -0.506. The second-order valence-electron chi connectivity index (χ2n) is 6.07. The Morgan fingerprint density at radius 1 is 1.28 bits per heavy atom. The number of hydrogen-bond donors (Lipinski definition) is 4. The summed E-state index contributed by atoms with van der Waals surface area (Å²) in [5.74, 6) is -1.54. The standard InChI is InChI=1S/C14H25N3O7S/c1-9(17(22)23)13(21)24-8-14(2,3)11(19)12(20)16-5-4-10(18)15-6-7-25/h9,11,19,25H,4-8H2,1-3H3,(H,15,18)(H,16,20). The first-order valence-corrected chi connectivity index (χ1v) is 8.29. The highest BCUT2D eigenvalue weighted by molar-refractivity contribution is 7.80. The first kappa shape index (κ1) is 23.1. The van der Waals surface area contributed by atoms with Crippen LogP contribution in [0.5, 0.6) is 0 Å². The van der Waals surface area contributed by atoms with Crippen molar-refractivity contribution in [3.05, 3.63) is 10.1 Å². The number of hydrogen-bond acceptors (Lipinski definition) is 8. The Bertz CT molecular complexity index is 499. The van der Waals surface area contributed by atoms with Crippen molar-refractivity contribution in [2.45, 2.75) is 39.3 Å². The molecule has 0 saturated carbocycles. The summed E-state index contributed by atoms with van der Waals surface area (Å²) in [5.41, 5.74) is -1.16. The lowest BCUT2D eigenvalue weighted by Gasteiger charge is -2.29. The third kappa shape index (κ3) is 8.68. The van der Waals surface area contributed by atoms with Crippen LogP contribution in [0.2, 0.25) is 0 Å². The van der Waals surface area contributed by atoms with E-state index in [1.165, 1.54) is 13.8 Å². The molecule has 3 N–H and O–H groups in total. The number of esters is 1. The minimum Gasteiger partial charge on any atom is -0.460 e. The zero-order chi connectivity index (χ0) is 19.6.